The zero-order valence-electron chi connectivity index (χ0n) is 12.8. The van der Waals surface area contributed by atoms with Crippen molar-refractivity contribution >= 4 is 17.2 Å². The highest BCUT2D eigenvalue weighted by Crippen LogP contribution is 2.17. The van der Waals surface area contributed by atoms with Gasteiger partial charge in [0.2, 0.25) is 5.91 Å². The minimum Gasteiger partial charge on any atom is -0.348 e. The van der Waals surface area contributed by atoms with Crippen molar-refractivity contribution in [2.45, 2.75) is 26.4 Å². The first-order chi connectivity index (χ1) is 10.0. The van der Waals surface area contributed by atoms with E-state index < -0.39 is 0 Å². The molecule has 0 spiro atoms. The minimum atomic E-state index is 0.0607. The van der Waals surface area contributed by atoms with E-state index in [1.54, 1.807) is 11.3 Å². The second-order valence-corrected chi connectivity index (χ2v) is 6.44. The fourth-order valence-electron chi connectivity index (χ4n) is 2.20. The van der Waals surface area contributed by atoms with E-state index in [1.165, 1.54) is 16.0 Å². The topological polar surface area (TPSA) is 32.3 Å². The Hall–Kier alpha value is -1.65. The van der Waals surface area contributed by atoms with Crippen LogP contribution < -0.4 is 5.32 Å². The number of hydrogen-bond donors (Lipinski definition) is 1. The third kappa shape index (κ3) is 4.99. The maximum atomic E-state index is 12.1. The fourth-order valence-corrected chi connectivity index (χ4v) is 2.94. The van der Waals surface area contributed by atoms with Gasteiger partial charge in [0.1, 0.15) is 0 Å². The van der Waals surface area contributed by atoms with E-state index in [-0.39, 0.29) is 11.9 Å². The Morgan fingerprint density at radius 3 is 2.62 bits per heavy atom. The lowest BCUT2D eigenvalue weighted by Crippen LogP contribution is -2.36. The number of nitrogens with one attached hydrogen (secondary N) is 1. The van der Waals surface area contributed by atoms with Gasteiger partial charge in [-0.1, -0.05) is 35.9 Å². The van der Waals surface area contributed by atoms with Crippen molar-refractivity contribution in [2.75, 3.05) is 13.6 Å². The molecule has 1 aromatic carbocycles. The molecule has 1 N–H and O–H groups in total. The second-order valence-electron chi connectivity index (χ2n) is 5.46. The summed E-state index contributed by atoms with van der Waals surface area (Å²) in [6.07, 6.45) is 0. The highest BCUT2D eigenvalue weighted by atomic mass is 32.1. The number of carbonyl (C=O) groups excluding carboxylic acids is 1. The Morgan fingerprint density at radius 1 is 1.29 bits per heavy atom. The summed E-state index contributed by atoms with van der Waals surface area (Å²) in [5, 5.41) is 5.07. The Labute approximate surface area is 130 Å². The van der Waals surface area contributed by atoms with Crippen molar-refractivity contribution < 1.29 is 4.79 Å². The molecule has 4 heteroatoms. The van der Waals surface area contributed by atoms with Gasteiger partial charge in [-0.15, -0.1) is 11.3 Å². The zero-order valence-corrected chi connectivity index (χ0v) is 13.6. The normalized spacial score (nSPS) is 12.4. The predicted molar refractivity (Wildman–Crippen MR) is 88.4 cm³/mol. The summed E-state index contributed by atoms with van der Waals surface area (Å²) >= 11 is 1.67. The Kier molecular flexibility index (Phi) is 5.53. The van der Waals surface area contributed by atoms with E-state index in [9.17, 15) is 4.79 Å². The number of amides is 1. The molecule has 0 unspecified atom stereocenters. The monoisotopic (exact) mass is 302 g/mol. The first kappa shape index (κ1) is 15.7. The van der Waals surface area contributed by atoms with Crippen LogP contribution >= 0.6 is 11.3 Å². The van der Waals surface area contributed by atoms with Gasteiger partial charge in [0, 0.05) is 11.4 Å². The molecule has 1 amide bonds. The van der Waals surface area contributed by atoms with Crippen LogP contribution in [-0.2, 0) is 11.3 Å². The largest absolute Gasteiger partial charge is 0.348 e. The van der Waals surface area contributed by atoms with Crippen LogP contribution in [0.2, 0.25) is 0 Å². The molecule has 0 aliphatic rings. The number of likely N-dealkylation sites (N-methyl/N-ethyl adjacent to an activating group) is 1. The summed E-state index contributed by atoms with van der Waals surface area (Å²) in [7, 11) is 1.97. The molecule has 0 fully saturated rings. The molecule has 0 bridgehead atoms. The molecular weight excluding hydrogens is 280 g/mol. The third-order valence-electron chi connectivity index (χ3n) is 3.33. The lowest BCUT2D eigenvalue weighted by atomic mass is 10.1. The van der Waals surface area contributed by atoms with Gasteiger partial charge in [-0.2, -0.15) is 0 Å². The summed E-state index contributed by atoms with van der Waals surface area (Å²) in [4.78, 5) is 15.3. The second kappa shape index (κ2) is 7.38. The van der Waals surface area contributed by atoms with E-state index in [0.717, 1.165) is 6.54 Å². The van der Waals surface area contributed by atoms with E-state index in [1.807, 2.05) is 36.4 Å². The molecule has 1 atom stereocenters. The van der Waals surface area contributed by atoms with Gasteiger partial charge in [-0.3, -0.25) is 9.69 Å². The Morgan fingerprint density at radius 2 is 2.00 bits per heavy atom. The maximum Gasteiger partial charge on any atom is 0.234 e. The number of carbonyl (C=O) groups is 1. The van der Waals surface area contributed by atoms with E-state index in [0.29, 0.717) is 6.54 Å². The van der Waals surface area contributed by atoms with Gasteiger partial charge in [0.15, 0.2) is 0 Å². The Balaban J connectivity index is 1.80. The van der Waals surface area contributed by atoms with Crippen molar-refractivity contribution in [3.8, 4) is 0 Å². The van der Waals surface area contributed by atoms with Gasteiger partial charge in [0.25, 0.3) is 0 Å². The molecule has 0 saturated heterocycles. The maximum absolute atomic E-state index is 12.1. The highest BCUT2D eigenvalue weighted by Gasteiger charge is 2.12. The lowest BCUT2D eigenvalue weighted by molar-refractivity contribution is -0.122. The standard InChI is InChI=1S/C17H22N2OS/c1-13-6-8-15(9-7-13)11-19(3)12-17(20)18-14(2)16-5-4-10-21-16/h4-10,14H,11-12H2,1-3H3,(H,18,20)/t14-/m0/s1. The average molecular weight is 302 g/mol. The first-order valence-electron chi connectivity index (χ1n) is 7.11. The van der Waals surface area contributed by atoms with Gasteiger partial charge in [-0.25, -0.2) is 0 Å². The number of benzene rings is 1. The van der Waals surface area contributed by atoms with E-state index in [4.69, 9.17) is 0 Å². The van der Waals surface area contributed by atoms with Crippen LogP contribution in [0.25, 0.3) is 0 Å². The van der Waals surface area contributed by atoms with Crippen LogP contribution in [0, 0.1) is 6.92 Å². The summed E-state index contributed by atoms with van der Waals surface area (Å²) < 4.78 is 0. The van der Waals surface area contributed by atoms with Gasteiger partial charge < -0.3 is 5.32 Å². The van der Waals surface area contributed by atoms with Crippen LogP contribution in [0.1, 0.15) is 29.0 Å². The smallest absolute Gasteiger partial charge is 0.234 e. The summed E-state index contributed by atoms with van der Waals surface area (Å²) in [5.41, 5.74) is 2.48. The van der Waals surface area contributed by atoms with Gasteiger partial charge in [0.05, 0.1) is 12.6 Å². The minimum absolute atomic E-state index is 0.0607. The number of hydrogen-bond acceptors (Lipinski definition) is 3. The molecule has 0 aliphatic carbocycles. The van der Waals surface area contributed by atoms with Crippen LogP contribution in [-0.4, -0.2) is 24.4 Å². The molecule has 1 heterocycles. The van der Waals surface area contributed by atoms with Crippen molar-refractivity contribution in [1.29, 1.82) is 0 Å². The van der Waals surface area contributed by atoms with Gasteiger partial charge >= 0.3 is 0 Å². The molecule has 1 aromatic heterocycles. The summed E-state index contributed by atoms with van der Waals surface area (Å²) in [6.45, 7) is 5.28. The van der Waals surface area contributed by atoms with Crippen molar-refractivity contribution in [2.24, 2.45) is 0 Å². The molecule has 0 radical (unpaired) electrons. The fraction of sp³-hybridized carbons (Fsp3) is 0.353. The molecular formula is C17H22N2OS. The molecule has 2 rings (SSSR count). The molecule has 3 nitrogen and oxygen atoms in total. The van der Waals surface area contributed by atoms with E-state index in [2.05, 4.69) is 36.5 Å². The van der Waals surface area contributed by atoms with E-state index >= 15 is 0 Å². The summed E-state index contributed by atoms with van der Waals surface area (Å²) in [5.74, 6) is 0.0607. The van der Waals surface area contributed by atoms with Crippen LogP contribution in [0.15, 0.2) is 41.8 Å². The first-order valence-corrected chi connectivity index (χ1v) is 7.99. The highest BCUT2D eigenvalue weighted by molar-refractivity contribution is 7.10. The van der Waals surface area contributed by atoms with Crippen LogP contribution in [0.3, 0.4) is 0 Å². The van der Waals surface area contributed by atoms with Crippen LogP contribution in [0.5, 0.6) is 0 Å². The number of aryl methyl sites for hydroxylation is 1. The number of nitrogens with zero attached hydrogens (tertiary/aromatic N) is 1. The lowest BCUT2D eigenvalue weighted by Gasteiger charge is -2.18. The van der Waals surface area contributed by atoms with Crippen molar-refractivity contribution in [3.63, 3.8) is 0 Å². The van der Waals surface area contributed by atoms with Crippen LogP contribution in [0.4, 0.5) is 0 Å². The zero-order chi connectivity index (χ0) is 15.2. The van der Waals surface area contributed by atoms with Gasteiger partial charge in [-0.05, 0) is 37.9 Å². The van der Waals surface area contributed by atoms with Crippen molar-refractivity contribution in [3.05, 3.63) is 57.8 Å². The molecule has 0 saturated carbocycles. The molecule has 112 valence electrons. The predicted octanol–water partition coefficient (Wildman–Crippen LogP) is 3.37. The number of thiophene rings is 1. The van der Waals surface area contributed by atoms with Crippen molar-refractivity contribution in [1.82, 2.24) is 10.2 Å². The molecule has 0 aliphatic heterocycles. The average Bonchev–Trinajstić information content (AvgIpc) is 2.95. The third-order valence-corrected chi connectivity index (χ3v) is 4.39. The SMILES string of the molecule is Cc1ccc(CN(C)CC(=O)N[C@@H](C)c2cccs2)cc1. The number of rotatable bonds is 6. The molecule has 2 aromatic rings. The molecule has 21 heavy (non-hydrogen) atoms. The quantitative estimate of drug-likeness (QED) is 0.887. The summed E-state index contributed by atoms with van der Waals surface area (Å²) in [6, 6.07) is 12.5. The Bertz CT molecular complexity index is 563.